The Morgan fingerprint density at radius 1 is 0.556 bits per heavy atom. The molecule has 0 saturated carbocycles. The van der Waals surface area contributed by atoms with Crippen molar-refractivity contribution >= 4 is 25.3 Å². The van der Waals surface area contributed by atoms with Crippen LogP contribution < -0.4 is 0 Å². The van der Waals surface area contributed by atoms with Crippen molar-refractivity contribution in [3.63, 3.8) is 0 Å². The smallest absolute Gasteiger partial charge is 0.128 e. The summed E-state index contributed by atoms with van der Waals surface area (Å²) in [4.78, 5) is 0. The molecule has 0 aromatic heterocycles. The van der Waals surface area contributed by atoms with E-state index in [1.807, 2.05) is 36.4 Å². The maximum absolute atomic E-state index is 3.40. The Hall–Kier alpha value is -1.45. The van der Waals surface area contributed by atoms with E-state index in [4.69, 9.17) is 0 Å². The zero-order valence-corrected chi connectivity index (χ0v) is 18.4. The third kappa shape index (κ3) is 15.3. The summed E-state index contributed by atoms with van der Waals surface area (Å²) in [5.41, 5.74) is 2.65. The van der Waals surface area contributed by atoms with E-state index in [1.165, 1.54) is 11.1 Å². The van der Waals surface area contributed by atoms with Gasteiger partial charge in [-0.15, -0.1) is 0 Å². The zero-order chi connectivity index (χ0) is 18.7. The van der Waals surface area contributed by atoms with Gasteiger partial charge in [0.25, 0.3) is 0 Å². The normalized spacial score (nSPS) is 8.37. The molecule has 0 unspecified atom stereocenters. The van der Waals surface area contributed by atoms with Crippen LogP contribution in [0.15, 0.2) is 72.8 Å². The first-order chi connectivity index (χ1) is 12.9. The van der Waals surface area contributed by atoms with Crippen molar-refractivity contribution in [1.29, 1.82) is 0 Å². The van der Waals surface area contributed by atoms with Gasteiger partial charge in [0, 0.05) is 32.8 Å². The van der Waals surface area contributed by atoms with Crippen LogP contribution >= 0.6 is 0 Å². The minimum Gasteiger partial charge on any atom is -0.999 e. The molecule has 0 amide bonds. The summed E-state index contributed by atoms with van der Waals surface area (Å²) in [6, 6.07) is 44.5. The van der Waals surface area contributed by atoms with Gasteiger partial charge in [0.1, 0.15) is 11.5 Å². The van der Waals surface area contributed by atoms with Crippen LogP contribution in [-0.2, 0) is 58.5 Å². The molecule has 0 heterocycles. The first-order valence-corrected chi connectivity index (χ1v) is 9.30. The average Bonchev–Trinajstić information content (AvgIpc) is 3.48. The van der Waals surface area contributed by atoms with Gasteiger partial charge in [-0.2, -0.15) is 0 Å². The van der Waals surface area contributed by atoms with Gasteiger partial charge < -0.3 is 60.7 Å². The summed E-state index contributed by atoms with van der Waals surface area (Å²) in [6.07, 6.45) is 0. The Morgan fingerprint density at radius 3 is 1.00 bits per heavy atom. The van der Waals surface area contributed by atoms with Crippen LogP contribution in [0, 0.1) is 48.5 Å². The summed E-state index contributed by atoms with van der Waals surface area (Å²) in [7, 11) is 0. The second-order valence-corrected chi connectivity index (χ2v) is 5.40. The molecular formula is C24H20S2Ti-8. The van der Waals surface area contributed by atoms with Gasteiger partial charge in [-0.25, -0.2) is 0 Å². The van der Waals surface area contributed by atoms with Crippen LogP contribution in [0.1, 0.15) is 11.1 Å². The molecule has 4 aromatic carbocycles. The van der Waals surface area contributed by atoms with E-state index in [2.05, 4.69) is 98.1 Å². The molecule has 140 valence electrons. The molecule has 0 atom stereocenters. The van der Waals surface area contributed by atoms with Gasteiger partial charge in [0.2, 0.25) is 0 Å². The molecule has 0 saturated heterocycles. The predicted octanol–water partition coefficient (Wildman–Crippen LogP) is 3.61. The van der Waals surface area contributed by atoms with Crippen molar-refractivity contribution in [2.45, 2.75) is 11.5 Å². The van der Waals surface area contributed by atoms with Crippen LogP contribution in [0.5, 0.6) is 0 Å². The second-order valence-electron chi connectivity index (χ2n) is 4.69. The molecule has 4 rings (SSSR count). The number of benzene rings is 2. The molecule has 0 bridgehead atoms. The molecular weight excluding hydrogens is 400 g/mol. The Balaban J connectivity index is 0.000000337. The van der Waals surface area contributed by atoms with E-state index < -0.39 is 0 Å². The van der Waals surface area contributed by atoms with Crippen molar-refractivity contribution < 1.29 is 21.7 Å². The van der Waals surface area contributed by atoms with Crippen LogP contribution in [-0.4, -0.2) is 0 Å². The maximum Gasteiger partial charge on any atom is 0.128 e. The van der Waals surface area contributed by atoms with Crippen molar-refractivity contribution in [2.75, 3.05) is 0 Å². The largest absolute Gasteiger partial charge is 0.999 e. The van der Waals surface area contributed by atoms with E-state index in [9.17, 15) is 0 Å². The van der Waals surface area contributed by atoms with Crippen LogP contribution in [0.4, 0.5) is 0 Å². The van der Waals surface area contributed by atoms with Crippen molar-refractivity contribution in [3.8, 4) is 0 Å². The van der Waals surface area contributed by atoms with Crippen LogP contribution in [0.2, 0.25) is 0 Å². The molecule has 3 heteroatoms. The number of rotatable bonds is 2. The van der Waals surface area contributed by atoms with Gasteiger partial charge in [0.05, 0.1) is 0 Å². The van der Waals surface area contributed by atoms with E-state index >= 15 is 0 Å². The van der Waals surface area contributed by atoms with Gasteiger partial charge in [-0.1, -0.05) is 60.7 Å². The first-order valence-electron chi connectivity index (χ1n) is 7.89. The first kappa shape index (κ1) is 25.6. The molecule has 0 aliphatic heterocycles. The molecule has 0 spiro atoms. The Labute approximate surface area is 190 Å². The minimum absolute atomic E-state index is 0. The summed E-state index contributed by atoms with van der Waals surface area (Å²) in [5.74, 6) is 1.89. The standard InChI is InChI=1S/2C7H8S.2C5H.Ti/c2*8-6-7-4-2-1-3-5-7;2*1-2-4-5-3-1;/h2*1-5,8H,6H2;2*1H;/q;;2*-5;/p+2. The quantitative estimate of drug-likeness (QED) is 0.264. The molecule has 0 aliphatic rings. The molecule has 27 heavy (non-hydrogen) atoms. The second kappa shape index (κ2) is 19.3. The third-order valence-corrected chi connectivity index (χ3v) is 3.61. The van der Waals surface area contributed by atoms with Crippen molar-refractivity contribution in [3.05, 3.63) is 132 Å². The zero-order valence-electron chi connectivity index (χ0n) is 14.8. The molecule has 0 radical (unpaired) electrons. The molecule has 0 N–H and O–H groups in total. The third-order valence-electron chi connectivity index (χ3n) is 2.80. The van der Waals surface area contributed by atoms with Gasteiger partial charge >= 0.3 is 0 Å². The van der Waals surface area contributed by atoms with Gasteiger partial charge in [-0.05, 0) is 25.3 Å². The molecule has 0 aliphatic carbocycles. The summed E-state index contributed by atoms with van der Waals surface area (Å²) >= 11 is 6.80. The van der Waals surface area contributed by atoms with Crippen molar-refractivity contribution in [1.82, 2.24) is 0 Å². The van der Waals surface area contributed by atoms with E-state index in [0.717, 1.165) is 11.5 Å². The maximum atomic E-state index is 3.40. The molecule has 0 nitrogen and oxygen atoms in total. The monoisotopic (exact) mass is 420 g/mol. The minimum atomic E-state index is 0. The van der Waals surface area contributed by atoms with E-state index in [0.29, 0.717) is 0 Å². The number of hydrogen-bond acceptors (Lipinski definition) is 0. The SMILES string of the molecule is [SH2+]Cc1ccccc1.[SH2+]Cc1ccccc1.[Ti].[c-]1[c-][c-][cH-][c-]1.[c-]1[c-][c-][cH-][c-]1. The van der Waals surface area contributed by atoms with E-state index in [1.54, 1.807) is 12.1 Å². The Kier molecular flexibility index (Phi) is 18.3. The van der Waals surface area contributed by atoms with Crippen molar-refractivity contribution in [2.24, 2.45) is 0 Å². The Bertz CT molecular complexity index is 606. The summed E-state index contributed by atoms with van der Waals surface area (Å²) in [6.45, 7) is 0. The van der Waals surface area contributed by atoms with Gasteiger partial charge in [0.15, 0.2) is 0 Å². The van der Waals surface area contributed by atoms with Crippen LogP contribution in [0.25, 0.3) is 0 Å². The number of hydrogen-bond donors (Lipinski definition) is 0. The Morgan fingerprint density at radius 2 is 0.852 bits per heavy atom. The fraction of sp³-hybridized carbons (Fsp3) is 0.0833. The average molecular weight is 420 g/mol. The molecule has 4 aromatic rings. The van der Waals surface area contributed by atoms with Crippen LogP contribution in [0.3, 0.4) is 0 Å². The fourth-order valence-corrected chi connectivity index (χ4v) is 2.02. The molecule has 0 fully saturated rings. The van der Waals surface area contributed by atoms with Gasteiger partial charge in [-0.3, -0.25) is 0 Å². The van der Waals surface area contributed by atoms with E-state index in [-0.39, 0.29) is 21.7 Å². The topological polar surface area (TPSA) is 0 Å². The summed E-state index contributed by atoms with van der Waals surface area (Å²) < 4.78 is 0. The summed E-state index contributed by atoms with van der Waals surface area (Å²) in [5, 5.41) is 0. The predicted molar refractivity (Wildman–Crippen MR) is 115 cm³/mol. The fourth-order valence-electron chi connectivity index (χ4n) is 1.55.